The Morgan fingerprint density at radius 2 is 1.03 bits per heavy atom. The Labute approximate surface area is 339 Å². The zero-order chi connectivity index (χ0) is 38.3. The molecule has 6 heterocycles. The van der Waals surface area contributed by atoms with Crippen LogP contribution in [0.1, 0.15) is 0 Å². The van der Waals surface area contributed by atoms with Crippen molar-refractivity contribution in [3.63, 3.8) is 0 Å². The van der Waals surface area contributed by atoms with E-state index < -0.39 is 0 Å². The molecule has 0 amide bonds. The highest BCUT2D eigenvalue weighted by atomic mass is 32.1. The Morgan fingerprint density at radius 1 is 0.441 bits per heavy atom. The van der Waals surface area contributed by atoms with Crippen LogP contribution in [0, 0.1) is 0 Å². The maximum Gasteiger partial charge on any atom is 0.182 e. The zero-order valence-electron chi connectivity index (χ0n) is 31.4. The van der Waals surface area contributed by atoms with Crippen LogP contribution in [0.2, 0.25) is 0 Å². The number of hydrogen-bond donors (Lipinski definition) is 0. The Hall–Kier alpha value is -7.67. The third-order valence-corrected chi connectivity index (χ3v) is 13.6. The molecule has 0 bridgehead atoms. The summed E-state index contributed by atoms with van der Waals surface area (Å²) in [5.41, 5.74) is 15.2. The van der Waals surface area contributed by atoms with Gasteiger partial charge in [-0.1, -0.05) is 97.1 Å². The van der Waals surface area contributed by atoms with Gasteiger partial charge in [0, 0.05) is 48.4 Å². The first-order chi connectivity index (χ1) is 29.3. The molecule has 0 saturated carbocycles. The van der Waals surface area contributed by atoms with Gasteiger partial charge in [-0.3, -0.25) is 4.40 Å². The number of rotatable bonds is 3. The quantitative estimate of drug-likeness (QED) is 0.179. The van der Waals surface area contributed by atoms with E-state index in [0.717, 1.165) is 44.3 Å². The van der Waals surface area contributed by atoms with Crippen LogP contribution in [0.15, 0.2) is 186 Å². The molecule has 8 aromatic carbocycles. The number of nitrogens with zero attached hydrogens (tertiary/aromatic N) is 4. The molecule has 0 aliphatic carbocycles. The maximum absolute atomic E-state index is 6.60. The largest absolute Gasteiger partial charge is 0.452 e. The van der Waals surface area contributed by atoms with Gasteiger partial charge in [-0.2, -0.15) is 0 Å². The standard InChI is InChI=1S/C53H30N4OS/c1-2-12-33(13-3-1)55-42-18-8-4-14-35(42)38-28-31(22-25-44(38)55)32-23-26-45-39(29-32)36-15-5-9-19-43(36)56(45)34-24-27-48-40(30-34)50-52(59-48)49-37-16-6-11-21-47(37)58-51(49)53-54-41-17-7-10-20-46(41)57(50)53/h1-30H. The first kappa shape index (κ1) is 31.4. The van der Waals surface area contributed by atoms with Crippen molar-refractivity contribution in [3.8, 4) is 22.5 Å². The molecule has 0 fully saturated rings. The molecule has 0 saturated heterocycles. The normalized spacial score (nSPS) is 12.4. The molecule has 0 radical (unpaired) electrons. The number of pyridine rings is 1. The van der Waals surface area contributed by atoms with Crippen LogP contribution in [0.25, 0.3) is 125 Å². The molecular weight excluding hydrogens is 741 g/mol. The summed E-state index contributed by atoms with van der Waals surface area (Å²) in [4.78, 5) is 5.18. The van der Waals surface area contributed by atoms with E-state index in [-0.39, 0.29) is 0 Å². The van der Waals surface area contributed by atoms with Gasteiger partial charge in [-0.25, -0.2) is 4.98 Å². The Morgan fingerprint density at radius 3 is 1.76 bits per heavy atom. The number of aromatic nitrogens is 4. The Bertz CT molecular complexity index is 4080. The second kappa shape index (κ2) is 11.5. The van der Waals surface area contributed by atoms with Crippen LogP contribution < -0.4 is 0 Å². The summed E-state index contributed by atoms with van der Waals surface area (Å²) in [5.74, 6) is 0. The lowest BCUT2D eigenvalue weighted by atomic mass is 10.0. The van der Waals surface area contributed by atoms with Crippen LogP contribution in [-0.2, 0) is 0 Å². The topological polar surface area (TPSA) is 40.3 Å². The van der Waals surface area contributed by atoms with E-state index in [1.807, 2.05) is 17.4 Å². The highest BCUT2D eigenvalue weighted by molar-refractivity contribution is 7.26. The highest BCUT2D eigenvalue weighted by Crippen LogP contribution is 2.46. The highest BCUT2D eigenvalue weighted by Gasteiger charge is 2.23. The lowest BCUT2D eigenvalue weighted by Crippen LogP contribution is -1.94. The second-order valence-corrected chi connectivity index (χ2v) is 16.6. The van der Waals surface area contributed by atoms with Gasteiger partial charge >= 0.3 is 0 Å². The molecule has 274 valence electrons. The van der Waals surface area contributed by atoms with Crippen LogP contribution in [0.5, 0.6) is 0 Å². The summed E-state index contributed by atoms with van der Waals surface area (Å²) in [6, 6.07) is 65.8. The first-order valence-corrected chi connectivity index (χ1v) is 20.8. The van der Waals surface area contributed by atoms with E-state index in [2.05, 4.69) is 189 Å². The third-order valence-electron chi connectivity index (χ3n) is 12.4. The van der Waals surface area contributed by atoms with Crippen molar-refractivity contribution < 1.29 is 4.42 Å². The fourth-order valence-electron chi connectivity index (χ4n) is 9.87. The number of imidazole rings is 1. The van der Waals surface area contributed by atoms with Gasteiger partial charge < -0.3 is 13.6 Å². The molecular formula is C53H30N4OS. The average molecular weight is 771 g/mol. The predicted molar refractivity (Wildman–Crippen MR) is 247 cm³/mol. The van der Waals surface area contributed by atoms with Crippen molar-refractivity contribution in [2.45, 2.75) is 0 Å². The lowest BCUT2D eigenvalue weighted by Gasteiger charge is -2.10. The number of thiophene rings is 1. The first-order valence-electron chi connectivity index (χ1n) is 20.0. The van der Waals surface area contributed by atoms with Gasteiger partial charge in [0.05, 0.1) is 48.7 Å². The van der Waals surface area contributed by atoms with Crippen molar-refractivity contribution in [2.24, 2.45) is 0 Å². The summed E-state index contributed by atoms with van der Waals surface area (Å²) < 4.78 is 16.2. The molecule has 0 unspecified atom stereocenters. The smallest absolute Gasteiger partial charge is 0.182 e. The molecule has 5 nitrogen and oxygen atoms in total. The molecule has 0 aliphatic rings. The molecule has 0 atom stereocenters. The fourth-order valence-corrected chi connectivity index (χ4v) is 11.1. The second-order valence-electron chi connectivity index (χ2n) is 15.5. The summed E-state index contributed by atoms with van der Waals surface area (Å²) in [6.07, 6.45) is 0. The van der Waals surface area contributed by atoms with Crippen molar-refractivity contribution in [1.82, 2.24) is 18.5 Å². The van der Waals surface area contributed by atoms with Gasteiger partial charge in [0.25, 0.3) is 0 Å². The molecule has 6 heteroatoms. The minimum atomic E-state index is 0.834. The minimum absolute atomic E-state index is 0.834. The SMILES string of the molecule is c1ccc(-n2c3ccccc3c3cc(-c4ccc5c(c4)c4ccccc4n5-c4ccc5sc6c7c8ccccc8oc7c7nc8ccccc8n7c6c5c4)ccc32)cc1. The molecule has 14 aromatic rings. The van der Waals surface area contributed by atoms with E-state index in [4.69, 9.17) is 9.40 Å². The van der Waals surface area contributed by atoms with Crippen molar-refractivity contribution >= 4 is 114 Å². The van der Waals surface area contributed by atoms with Crippen LogP contribution in [0.4, 0.5) is 0 Å². The van der Waals surface area contributed by atoms with Crippen molar-refractivity contribution in [2.75, 3.05) is 0 Å². The lowest BCUT2D eigenvalue weighted by molar-refractivity contribution is 0.670. The van der Waals surface area contributed by atoms with E-state index in [1.54, 1.807) is 0 Å². The van der Waals surface area contributed by atoms with Crippen LogP contribution in [0.3, 0.4) is 0 Å². The Kier molecular flexibility index (Phi) is 6.11. The summed E-state index contributed by atoms with van der Waals surface area (Å²) in [5, 5.41) is 8.42. The van der Waals surface area contributed by atoms with Gasteiger partial charge in [0.15, 0.2) is 11.2 Å². The third kappa shape index (κ3) is 4.20. The molecule has 0 spiro atoms. The molecule has 0 aliphatic heterocycles. The predicted octanol–water partition coefficient (Wildman–Crippen LogP) is 14.6. The van der Waals surface area contributed by atoms with Gasteiger partial charge in [0.2, 0.25) is 0 Å². The fraction of sp³-hybridized carbons (Fsp3) is 0. The maximum atomic E-state index is 6.60. The average Bonchev–Trinajstić information content (AvgIpc) is 4.10. The summed E-state index contributed by atoms with van der Waals surface area (Å²) in [7, 11) is 0. The van der Waals surface area contributed by atoms with E-state index >= 15 is 0 Å². The number of furan rings is 1. The summed E-state index contributed by atoms with van der Waals surface area (Å²) in [6.45, 7) is 0. The van der Waals surface area contributed by atoms with E-state index in [0.29, 0.717) is 0 Å². The van der Waals surface area contributed by atoms with Crippen molar-refractivity contribution in [1.29, 1.82) is 0 Å². The molecule has 59 heavy (non-hydrogen) atoms. The number of para-hydroxylation sites is 6. The molecule has 6 aromatic heterocycles. The van der Waals surface area contributed by atoms with Gasteiger partial charge in [-0.15, -0.1) is 11.3 Å². The van der Waals surface area contributed by atoms with E-state index in [9.17, 15) is 0 Å². The number of hydrogen-bond acceptors (Lipinski definition) is 3. The monoisotopic (exact) mass is 770 g/mol. The molecule has 0 N–H and O–H groups in total. The zero-order valence-corrected chi connectivity index (χ0v) is 32.2. The number of fused-ring (bicyclic) bond motifs is 18. The number of benzene rings is 8. The van der Waals surface area contributed by atoms with Gasteiger partial charge in [-0.05, 0) is 96.1 Å². The van der Waals surface area contributed by atoms with Crippen molar-refractivity contribution in [3.05, 3.63) is 182 Å². The van der Waals surface area contributed by atoms with Gasteiger partial charge in [0.1, 0.15) is 5.58 Å². The van der Waals surface area contributed by atoms with Crippen LogP contribution >= 0.6 is 11.3 Å². The Balaban J connectivity index is 0.999. The minimum Gasteiger partial charge on any atom is -0.452 e. The summed E-state index contributed by atoms with van der Waals surface area (Å²) >= 11 is 1.83. The van der Waals surface area contributed by atoms with E-state index in [1.165, 1.54) is 80.7 Å². The molecule has 14 rings (SSSR count). The van der Waals surface area contributed by atoms with Crippen LogP contribution in [-0.4, -0.2) is 18.5 Å².